The number of aryl methyl sites for hydroxylation is 1. The topological polar surface area (TPSA) is 67.2 Å². The highest BCUT2D eigenvalue weighted by molar-refractivity contribution is 5.92. The van der Waals surface area contributed by atoms with E-state index >= 15 is 0 Å². The molecular formula is C13H15N3O2. The third-order valence-corrected chi connectivity index (χ3v) is 2.48. The lowest BCUT2D eigenvalue weighted by molar-refractivity contribution is 0.0958. The molecular weight excluding hydrogens is 230 g/mol. The van der Waals surface area contributed by atoms with Crippen molar-refractivity contribution in [2.45, 2.75) is 13.5 Å². The molecule has 0 saturated heterocycles. The molecule has 2 aromatic heterocycles. The molecule has 0 bridgehead atoms. The monoisotopic (exact) mass is 245 g/mol. The second-order valence-electron chi connectivity index (χ2n) is 3.87. The molecule has 0 atom stereocenters. The maximum absolute atomic E-state index is 11.4. The number of aromatic nitrogens is 1. The number of carbonyl (C=O) groups is 1. The summed E-state index contributed by atoms with van der Waals surface area (Å²) in [7, 11) is 1.58. The van der Waals surface area contributed by atoms with Gasteiger partial charge in [0.2, 0.25) is 0 Å². The fraction of sp³-hybridized carbons (Fsp3) is 0.231. The van der Waals surface area contributed by atoms with Crippen LogP contribution in [0.5, 0.6) is 0 Å². The van der Waals surface area contributed by atoms with Crippen molar-refractivity contribution in [1.29, 1.82) is 0 Å². The van der Waals surface area contributed by atoms with Crippen molar-refractivity contribution in [2.75, 3.05) is 12.4 Å². The van der Waals surface area contributed by atoms with Gasteiger partial charge in [0, 0.05) is 18.9 Å². The van der Waals surface area contributed by atoms with Gasteiger partial charge in [0.1, 0.15) is 17.2 Å². The number of hydrogen-bond acceptors (Lipinski definition) is 4. The number of hydrogen-bond donors (Lipinski definition) is 2. The van der Waals surface area contributed by atoms with Gasteiger partial charge in [0.05, 0.1) is 6.54 Å². The third kappa shape index (κ3) is 2.88. The van der Waals surface area contributed by atoms with E-state index in [0.29, 0.717) is 12.2 Å². The second-order valence-corrected chi connectivity index (χ2v) is 3.87. The summed E-state index contributed by atoms with van der Waals surface area (Å²) >= 11 is 0. The number of nitrogens with one attached hydrogen (secondary N) is 2. The van der Waals surface area contributed by atoms with Crippen molar-refractivity contribution in [2.24, 2.45) is 0 Å². The van der Waals surface area contributed by atoms with Gasteiger partial charge in [-0.1, -0.05) is 0 Å². The number of carbonyl (C=O) groups excluding carboxylic acids is 1. The van der Waals surface area contributed by atoms with Gasteiger partial charge in [0.25, 0.3) is 5.91 Å². The summed E-state index contributed by atoms with van der Waals surface area (Å²) in [6.45, 7) is 2.48. The Bertz CT molecular complexity index is 549. The highest BCUT2D eigenvalue weighted by atomic mass is 16.3. The van der Waals surface area contributed by atoms with Crippen molar-refractivity contribution < 1.29 is 9.21 Å². The van der Waals surface area contributed by atoms with Crippen LogP contribution < -0.4 is 10.6 Å². The number of pyridine rings is 1. The number of anilines is 1. The van der Waals surface area contributed by atoms with Gasteiger partial charge in [-0.15, -0.1) is 0 Å². The Balaban J connectivity index is 2.03. The van der Waals surface area contributed by atoms with Crippen molar-refractivity contribution >= 4 is 11.6 Å². The Morgan fingerprint density at radius 3 is 2.89 bits per heavy atom. The molecule has 94 valence electrons. The highest BCUT2D eigenvalue weighted by Crippen LogP contribution is 2.12. The van der Waals surface area contributed by atoms with E-state index < -0.39 is 0 Å². The van der Waals surface area contributed by atoms with Crippen LogP contribution in [0.1, 0.15) is 22.0 Å². The van der Waals surface area contributed by atoms with Crippen molar-refractivity contribution in [1.82, 2.24) is 10.3 Å². The van der Waals surface area contributed by atoms with Gasteiger partial charge >= 0.3 is 0 Å². The zero-order valence-electron chi connectivity index (χ0n) is 10.4. The number of amides is 1. The Labute approximate surface area is 105 Å². The van der Waals surface area contributed by atoms with E-state index in [0.717, 1.165) is 17.2 Å². The van der Waals surface area contributed by atoms with Gasteiger partial charge in [0.15, 0.2) is 0 Å². The van der Waals surface area contributed by atoms with Crippen LogP contribution in [-0.2, 0) is 6.54 Å². The first-order valence-corrected chi connectivity index (χ1v) is 5.66. The first-order valence-electron chi connectivity index (χ1n) is 5.66. The van der Waals surface area contributed by atoms with Crippen molar-refractivity contribution in [3.05, 3.63) is 47.7 Å². The molecule has 0 radical (unpaired) electrons. The molecule has 5 heteroatoms. The lowest BCUT2D eigenvalue weighted by Crippen LogP contribution is -2.19. The van der Waals surface area contributed by atoms with Gasteiger partial charge in [-0.3, -0.25) is 9.78 Å². The van der Waals surface area contributed by atoms with E-state index in [9.17, 15) is 4.79 Å². The molecule has 1 amide bonds. The summed E-state index contributed by atoms with van der Waals surface area (Å²) < 4.78 is 5.45. The van der Waals surface area contributed by atoms with E-state index in [1.54, 1.807) is 19.3 Å². The molecule has 0 fully saturated rings. The molecule has 5 nitrogen and oxygen atoms in total. The largest absolute Gasteiger partial charge is 0.465 e. The number of nitrogens with zero attached hydrogens (tertiary/aromatic N) is 1. The average molecular weight is 245 g/mol. The standard InChI is InChI=1S/C13H15N3O2/c1-9-3-4-11(18-9)8-16-10-5-6-15-12(7-10)13(17)14-2/h3-7H,8H2,1-2H3,(H,14,17)(H,15,16). The molecule has 0 saturated carbocycles. The quantitative estimate of drug-likeness (QED) is 0.864. The number of furan rings is 1. The molecule has 0 aliphatic rings. The van der Waals surface area contributed by atoms with E-state index in [-0.39, 0.29) is 5.91 Å². The Kier molecular flexibility index (Phi) is 3.62. The van der Waals surface area contributed by atoms with E-state index in [1.165, 1.54) is 0 Å². The van der Waals surface area contributed by atoms with E-state index in [2.05, 4.69) is 15.6 Å². The second kappa shape index (κ2) is 5.35. The average Bonchev–Trinajstić information content (AvgIpc) is 2.81. The van der Waals surface area contributed by atoms with Crippen LogP contribution in [0.2, 0.25) is 0 Å². The molecule has 18 heavy (non-hydrogen) atoms. The van der Waals surface area contributed by atoms with E-state index in [4.69, 9.17) is 4.42 Å². The van der Waals surface area contributed by atoms with Crippen LogP contribution >= 0.6 is 0 Å². The lowest BCUT2D eigenvalue weighted by Gasteiger charge is -2.05. The maximum atomic E-state index is 11.4. The van der Waals surface area contributed by atoms with Crippen molar-refractivity contribution in [3.8, 4) is 0 Å². The molecule has 0 aliphatic carbocycles. The van der Waals surface area contributed by atoms with Crippen LogP contribution in [0, 0.1) is 6.92 Å². The molecule has 2 N–H and O–H groups in total. The fourth-order valence-electron chi connectivity index (χ4n) is 1.56. The fourth-order valence-corrected chi connectivity index (χ4v) is 1.56. The minimum atomic E-state index is -0.201. The van der Waals surface area contributed by atoms with Gasteiger partial charge in [-0.2, -0.15) is 0 Å². The van der Waals surface area contributed by atoms with Crippen LogP contribution in [-0.4, -0.2) is 17.9 Å². The Morgan fingerprint density at radius 1 is 1.39 bits per heavy atom. The predicted octanol–water partition coefficient (Wildman–Crippen LogP) is 1.95. The SMILES string of the molecule is CNC(=O)c1cc(NCc2ccc(C)o2)ccn1. The van der Waals surface area contributed by atoms with Gasteiger partial charge in [-0.25, -0.2) is 0 Å². The smallest absolute Gasteiger partial charge is 0.269 e. The van der Waals surface area contributed by atoms with Gasteiger partial charge < -0.3 is 15.1 Å². The molecule has 2 rings (SSSR count). The van der Waals surface area contributed by atoms with Crippen LogP contribution in [0.3, 0.4) is 0 Å². The van der Waals surface area contributed by atoms with E-state index in [1.807, 2.05) is 25.1 Å². The summed E-state index contributed by atoms with van der Waals surface area (Å²) in [6, 6.07) is 7.35. The molecule has 0 aliphatic heterocycles. The molecule has 0 spiro atoms. The molecule has 2 heterocycles. The first-order chi connectivity index (χ1) is 8.69. The normalized spacial score (nSPS) is 10.1. The Morgan fingerprint density at radius 2 is 2.22 bits per heavy atom. The summed E-state index contributed by atoms with van der Waals surface area (Å²) in [5.74, 6) is 1.53. The Hall–Kier alpha value is -2.30. The minimum Gasteiger partial charge on any atom is -0.465 e. The third-order valence-electron chi connectivity index (χ3n) is 2.48. The highest BCUT2D eigenvalue weighted by Gasteiger charge is 2.05. The summed E-state index contributed by atoms with van der Waals surface area (Å²) in [4.78, 5) is 15.4. The summed E-state index contributed by atoms with van der Waals surface area (Å²) in [5, 5.41) is 5.72. The molecule has 0 unspecified atom stereocenters. The zero-order chi connectivity index (χ0) is 13.0. The van der Waals surface area contributed by atoms with Crippen LogP contribution in [0.4, 0.5) is 5.69 Å². The summed E-state index contributed by atoms with van der Waals surface area (Å²) in [5.41, 5.74) is 1.22. The predicted molar refractivity (Wildman–Crippen MR) is 68.4 cm³/mol. The number of rotatable bonds is 4. The summed E-state index contributed by atoms with van der Waals surface area (Å²) in [6.07, 6.45) is 1.60. The maximum Gasteiger partial charge on any atom is 0.269 e. The lowest BCUT2D eigenvalue weighted by atomic mass is 10.3. The van der Waals surface area contributed by atoms with Gasteiger partial charge in [-0.05, 0) is 31.2 Å². The van der Waals surface area contributed by atoms with Crippen molar-refractivity contribution in [3.63, 3.8) is 0 Å². The van der Waals surface area contributed by atoms with Crippen LogP contribution in [0.15, 0.2) is 34.9 Å². The first kappa shape index (κ1) is 12.2. The minimum absolute atomic E-state index is 0.201. The van der Waals surface area contributed by atoms with Crippen LogP contribution in [0.25, 0.3) is 0 Å². The zero-order valence-corrected chi connectivity index (χ0v) is 10.4. The molecule has 2 aromatic rings. The molecule has 0 aromatic carbocycles.